The van der Waals surface area contributed by atoms with E-state index >= 15 is 0 Å². The molecule has 3 nitrogen and oxygen atoms in total. The van der Waals surface area contributed by atoms with Crippen molar-refractivity contribution >= 4 is 0 Å². The average Bonchev–Trinajstić information content (AvgIpc) is 2.10. The Morgan fingerprint density at radius 2 is 2.08 bits per heavy atom. The molecular formula is C10H22N2O. The first-order chi connectivity index (χ1) is 6.22. The Labute approximate surface area is 81.5 Å². The molecule has 13 heavy (non-hydrogen) atoms. The van der Waals surface area contributed by atoms with E-state index in [1.807, 2.05) is 6.08 Å². The fraction of sp³-hybridized carbons (Fsp3) is 0.800. The summed E-state index contributed by atoms with van der Waals surface area (Å²) >= 11 is 0. The summed E-state index contributed by atoms with van der Waals surface area (Å²) in [7, 11) is 1.73. The van der Waals surface area contributed by atoms with Crippen LogP contribution in [-0.4, -0.2) is 44.3 Å². The van der Waals surface area contributed by atoms with Gasteiger partial charge >= 0.3 is 0 Å². The maximum absolute atomic E-state index is 5.36. The summed E-state index contributed by atoms with van der Waals surface area (Å²) in [6.07, 6.45) is 4.10. The lowest BCUT2D eigenvalue weighted by molar-refractivity contribution is 0.138. The van der Waals surface area contributed by atoms with Crippen LogP contribution in [-0.2, 0) is 4.74 Å². The molecule has 0 radical (unpaired) electrons. The van der Waals surface area contributed by atoms with Gasteiger partial charge in [-0.15, -0.1) is 0 Å². The molecule has 0 amide bonds. The minimum atomic E-state index is 0.553. The number of rotatable bonds is 7. The molecule has 0 rings (SSSR count). The lowest BCUT2D eigenvalue weighted by atomic mass is 10.3. The summed E-state index contributed by atoms with van der Waals surface area (Å²) in [5.74, 6) is 0. The monoisotopic (exact) mass is 186 g/mol. The van der Waals surface area contributed by atoms with Gasteiger partial charge in [-0.05, 0) is 13.8 Å². The standard InChI is InChI=1S/C10H22N2O/c1-10(2)12(8-9-13-3)7-5-4-6-11/h4-5,10H,6-9,11H2,1-3H3/b5-4+. The molecular weight excluding hydrogens is 164 g/mol. The van der Waals surface area contributed by atoms with Crippen LogP contribution >= 0.6 is 0 Å². The summed E-state index contributed by atoms with van der Waals surface area (Å²) in [5, 5.41) is 0. The Morgan fingerprint density at radius 1 is 1.38 bits per heavy atom. The molecule has 0 aromatic rings. The Bertz CT molecular complexity index is 135. The molecule has 0 saturated carbocycles. The highest BCUT2D eigenvalue weighted by Gasteiger charge is 2.05. The van der Waals surface area contributed by atoms with Crippen molar-refractivity contribution in [2.75, 3.05) is 33.4 Å². The number of nitrogens with zero attached hydrogens (tertiary/aromatic N) is 1. The second-order valence-corrected chi connectivity index (χ2v) is 3.29. The number of ether oxygens (including phenoxy) is 1. The van der Waals surface area contributed by atoms with Gasteiger partial charge < -0.3 is 10.5 Å². The zero-order chi connectivity index (χ0) is 10.1. The fourth-order valence-corrected chi connectivity index (χ4v) is 1.08. The van der Waals surface area contributed by atoms with Crippen molar-refractivity contribution in [2.24, 2.45) is 5.73 Å². The summed E-state index contributed by atoms with van der Waals surface area (Å²) in [5.41, 5.74) is 5.36. The molecule has 78 valence electrons. The predicted molar refractivity (Wildman–Crippen MR) is 56.8 cm³/mol. The lowest BCUT2D eigenvalue weighted by Crippen LogP contribution is -2.34. The molecule has 0 unspecified atom stereocenters. The largest absolute Gasteiger partial charge is 0.383 e. The van der Waals surface area contributed by atoms with Crippen LogP contribution in [0.2, 0.25) is 0 Å². The van der Waals surface area contributed by atoms with Crippen molar-refractivity contribution in [3.63, 3.8) is 0 Å². The zero-order valence-corrected chi connectivity index (χ0v) is 8.99. The average molecular weight is 186 g/mol. The first kappa shape index (κ1) is 12.6. The maximum atomic E-state index is 5.36. The van der Waals surface area contributed by atoms with E-state index in [1.54, 1.807) is 7.11 Å². The molecule has 0 saturated heterocycles. The predicted octanol–water partition coefficient (Wildman–Crippen LogP) is 0.858. The van der Waals surface area contributed by atoms with Gasteiger partial charge in [0.2, 0.25) is 0 Å². The van der Waals surface area contributed by atoms with Crippen molar-refractivity contribution in [3.05, 3.63) is 12.2 Å². The number of hydrogen-bond acceptors (Lipinski definition) is 3. The van der Waals surface area contributed by atoms with Gasteiger partial charge in [-0.1, -0.05) is 12.2 Å². The third-order valence-corrected chi connectivity index (χ3v) is 1.96. The van der Waals surface area contributed by atoms with Crippen molar-refractivity contribution in [2.45, 2.75) is 19.9 Å². The van der Waals surface area contributed by atoms with Gasteiger partial charge in [0.1, 0.15) is 0 Å². The molecule has 0 aromatic heterocycles. The summed E-state index contributed by atoms with van der Waals surface area (Å²) in [6.45, 7) is 7.71. The smallest absolute Gasteiger partial charge is 0.0589 e. The third kappa shape index (κ3) is 6.75. The Morgan fingerprint density at radius 3 is 2.54 bits per heavy atom. The molecule has 3 heteroatoms. The molecule has 0 fully saturated rings. The molecule has 2 N–H and O–H groups in total. The van der Waals surface area contributed by atoms with Crippen LogP contribution in [0.25, 0.3) is 0 Å². The van der Waals surface area contributed by atoms with Gasteiger partial charge in [-0.3, -0.25) is 4.90 Å². The van der Waals surface area contributed by atoms with Crippen LogP contribution in [0, 0.1) is 0 Å². The van der Waals surface area contributed by atoms with Crippen molar-refractivity contribution in [1.29, 1.82) is 0 Å². The van der Waals surface area contributed by atoms with E-state index in [2.05, 4.69) is 24.8 Å². The van der Waals surface area contributed by atoms with Gasteiger partial charge in [-0.2, -0.15) is 0 Å². The van der Waals surface area contributed by atoms with Crippen molar-refractivity contribution in [1.82, 2.24) is 4.90 Å². The highest BCUT2D eigenvalue weighted by atomic mass is 16.5. The number of methoxy groups -OCH3 is 1. The highest BCUT2D eigenvalue weighted by molar-refractivity contribution is 4.86. The summed E-state index contributed by atoms with van der Waals surface area (Å²) in [6, 6.07) is 0.553. The molecule has 0 bridgehead atoms. The SMILES string of the molecule is COCCN(C/C=C/CN)C(C)C. The van der Waals surface area contributed by atoms with E-state index in [1.165, 1.54) is 0 Å². The van der Waals surface area contributed by atoms with E-state index in [4.69, 9.17) is 10.5 Å². The van der Waals surface area contributed by atoms with Gasteiger partial charge in [0, 0.05) is 32.8 Å². The zero-order valence-electron chi connectivity index (χ0n) is 8.99. The van der Waals surface area contributed by atoms with Gasteiger partial charge in [0.15, 0.2) is 0 Å². The van der Waals surface area contributed by atoms with E-state index < -0.39 is 0 Å². The molecule has 0 heterocycles. The van der Waals surface area contributed by atoms with Crippen molar-refractivity contribution < 1.29 is 4.74 Å². The minimum Gasteiger partial charge on any atom is -0.383 e. The van der Waals surface area contributed by atoms with Crippen LogP contribution in [0.4, 0.5) is 0 Å². The lowest BCUT2D eigenvalue weighted by Gasteiger charge is -2.24. The first-order valence-corrected chi connectivity index (χ1v) is 4.80. The van der Waals surface area contributed by atoms with E-state index in [0.29, 0.717) is 12.6 Å². The topological polar surface area (TPSA) is 38.5 Å². The van der Waals surface area contributed by atoms with Crippen molar-refractivity contribution in [3.8, 4) is 0 Å². The van der Waals surface area contributed by atoms with E-state index in [9.17, 15) is 0 Å². The Hall–Kier alpha value is -0.380. The number of nitrogens with two attached hydrogens (primary N) is 1. The van der Waals surface area contributed by atoms with Gasteiger partial charge in [0.05, 0.1) is 6.61 Å². The van der Waals surface area contributed by atoms with Gasteiger partial charge in [-0.25, -0.2) is 0 Å². The van der Waals surface area contributed by atoms with Crippen LogP contribution < -0.4 is 5.73 Å². The van der Waals surface area contributed by atoms with E-state index in [-0.39, 0.29) is 0 Å². The summed E-state index contributed by atoms with van der Waals surface area (Å²) in [4.78, 5) is 2.34. The van der Waals surface area contributed by atoms with Crippen LogP contribution in [0.3, 0.4) is 0 Å². The maximum Gasteiger partial charge on any atom is 0.0589 e. The van der Waals surface area contributed by atoms with Crippen LogP contribution in [0.1, 0.15) is 13.8 Å². The molecule has 0 atom stereocenters. The second kappa shape index (κ2) is 8.23. The van der Waals surface area contributed by atoms with Crippen LogP contribution in [0.5, 0.6) is 0 Å². The molecule has 0 aromatic carbocycles. The van der Waals surface area contributed by atoms with Crippen LogP contribution in [0.15, 0.2) is 12.2 Å². The van der Waals surface area contributed by atoms with E-state index in [0.717, 1.165) is 19.7 Å². The quantitative estimate of drug-likeness (QED) is 0.599. The molecule has 0 aliphatic heterocycles. The normalized spacial score (nSPS) is 12.2. The first-order valence-electron chi connectivity index (χ1n) is 4.80. The Balaban J connectivity index is 3.73. The number of hydrogen-bond donors (Lipinski definition) is 1. The van der Waals surface area contributed by atoms with Gasteiger partial charge in [0.25, 0.3) is 0 Å². The second-order valence-electron chi connectivity index (χ2n) is 3.29. The minimum absolute atomic E-state index is 0.553. The molecule has 0 aliphatic rings. The Kier molecular flexibility index (Phi) is 7.99. The fourth-order valence-electron chi connectivity index (χ4n) is 1.08. The summed E-state index contributed by atoms with van der Waals surface area (Å²) < 4.78 is 5.04. The highest BCUT2D eigenvalue weighted by Crippen LogP contribution is 1.97. The third-order valence-electron chi connectivity index (χ3n) is 1.96. The molecule has 0 spiro atoms. The molecule has 0 aliphatic carbocycles.